The van der Waals surface area contributed by atoms with Crippen molar-refractivity contribution in [2.45, 2.75) is 11.3 Å². The Labute approximate surface area is 82.3 Å². The summed E-state index contributed by atoms with van der Waals surface area (Å²) in [6, 6.07) is 7.53. The van der Waals surface area contributed by atoms with Crippen molar-refractivity contribution in [3.63, 3.8) is 0 Å². The highest BCUT2D eigenvalue weighted by atomic mass is 32.1. The van der Waals surface area contributed by atoms with Crippen LogP contribution in [-0.4, -0.2) is 11.1 Å². The molecule has 3 heteroatoms. The maximum absolute atomic E-state index is 10.2. The zero-order valence-corrected chi connectivity index (χ0v) is 7.87. The number of rotatable bonds is 3. The van der Waals surface area contributed by atoms with Crippen LogP contribution in [0.2, 0.25) is 0 Å². The predicted octanol–water partition coefficient (Wildman–Crippen LogP) is 2.46. The summed E-state index contributed by atoms with van der Waals surface area (Å²) >= 11 is 4.22. The van der Waals surface area contributed by atoms with E-state index in [2.05, 4.69) is 12.6 Å². The van der Waals surface area contributed by atoms with Gasteiger partial charge in [0.15, 0.2) is 0 Å². The molecule has 1 rings (SSSR count). The summed E-state index contributed by atoms with van der Waals surface area (Å²) in [6.45, 7) is 0. The molecule has 0 bridgehead atoms. The Balaban J connectivity index is 2.68. The largest absolute Gasteiger partial charge is 0.481 e. The summed E-state index contributed by atoms with van der Waals surface area (Å²) < 4.78 is 0. The highest BCUT2D eigenvalue weighted by molar-refractivity contribution is 7.80. The van der Waals surface area contributed by atoms with Crippen molar-refractivity contribution in [1.82, 2.24) is 0 Å². The van der Waals surface area contributed by atoms with Gasteiger partial charge in [0.2, 0.25) is 0 Å². The van der Waals surface area contributed by atoms with Crippen LogP contribution >= 0.6 is 12.6 Å². The van der Waals surface area contributed by atoms with E-state index in [0.717, 1.165) is 10.5 Å². The molecule has 0 saturated carbocycles. The maximum atomic E-state index is 10.2. The topological polar surface area (TPSA) is 37.3 Å². The normalized spacial score (nSPS) is 10.5. The minimum absolute atomic E-state index is 0.0438. The molecule has 2 nitrogen and oxygen atoms in total. The quantitative estimate of drug-likeness (QED) is 0.725. The van der Waals surface area contributed by atoms with Gasteiger partial charge in [0.1, 0.15) is 0 Å². The van der Waals surface area contributed by atoms with Crippen molar-refractivity contribution in [3.8, 4) is 0 Å². The third kappa shape index (κ3) is 3.34. The number of hydrogen-bond donors (Lipinski definition) is 2. The molecule has 0 aliphatic heterocycles. The van der Waals surface area contributed by atoms with Gasteiger partial charge in [-0.2, -0.15) is 0 Å². The second-order valence-corrected chi connectivity index (χ2v) is 3.04. The fraction of sp³-hybridized carbons (Fsp3) is 0.100. The number of thiol groups is 1. The van der Waals surface area contributed by atoms with Gasteiger partial charge in [0.05, 0.1) is 6.42 Å². The fourth-order valence-electron chi connectivity index (χ4n) is 0.915. The van der Waals surface area contributed by atoms with E-state index in [1.807, 2.05) is 24.3 Å². The molecular formula is C10H10O2S. The first-order valence-corrected chi connectivity index (χ1v) is 4.31. The van der Waals surface area contributed by atoms with E-state index in [-0.39, 0.29) is 6.42 Å². The van der Waals surface area contributed by atoms with Gasteiger partial charge in [0, 0.05) is 4.90 Å². The lowest BCUT2D eigenvalue weighted by molar-refractivity contribution is -0.135. The van der Waals surface area contributed by atoms with Crippen LogP contribution in [0.4, 0.5) is 0 Å². The summed E-state index contributed by atoms with van der Waals surface area (Å²) in [7, 11) is 0. The Hall–Kier alpha value is -1.22. The van der Waals surface area contributed by atoms with Crippen LogP contribution in [0.15, 0.2) is 35.2 Å². The molecular weight excluding hydrogens is 184 g/mol. The van der Waals surface area contributed by atoms with Crippen LogP contribution in [0, 0.1) is 0 Å². The second-order valence-electron chi connectivity index (χ2n) is 2.56. The van der Waals surface area contributed by atoms with Crippen molar-refractivity contribution >= 4 is 24.7 Å². The van der Waals surface area contributed by atoms with Crippen LogP contribution in [0.25, 0.3) is 6.08 Å². The second kappa shape index (κ2) is 4.72. The first-order chi connectivity index (χ1) is 6.20. The van der Waals surface area contributed by atoms with E-state index in [1.165, 1.54) is 0 Å². The number of aliphatic carboxylic acids is 1. The average Bonchev–Trinajstić information content (AvgIpc) is 2.08. The third-order valence-electron chi connectivity index (χ3n) is 1.53. The molecule has 1 aromatic carbocycles. The van der Waals surface area contributed by atoms with Crippen molar-refractivity contribution in [1.29, 1.82) is 0 Å². The molecule has 0 fully saturated rings. The average molecular weight is 194 g/mol. The highest BCUT2D eigenvalue weighted by Gasteiger charge is 1.93. The molecule has 0 heterocycles. The zero-order chi connectivity index (χ0) is 9.68. The number of carbonyl (C=O) groups is 1. The van der Waals surface area contributed by atoms with Crippen LogP contribution in [0.3, 0.4) is 0 Å². The van der Waals surface area contributed by atoms with Gasteiger partial charge in [-0.15, -0.1) is 12.6 Å². The molecule has 0 atom stereocenters. The van der Waals surface area contributed by atoms with Crippen molar-refractivity contribution in [2.75, 3.05) is 0 Å². The summed E-state index contributed by atoms with van der Waals surface area (Å²) in [4.78, 5) is 11.1. The lowest BCUT2D eigenvalue weighted by Crippen LogP contribution is -1.89. The number of benzene rings is 1. The summed E-state index contributed by atoms with van der Waals surface area (Å²) in [5.41, 5.74) is 0.937. The monoisotopic (exact) mass is 194 g/mol. The van der Waals surface area contributed by atoms with E-state index in [9.17, 15) is 4.79 Å². The van der Waals surface area contributed by atoms with Gasteiger partial charge >= 0.3 is 5.97 Å². The van der Waals surface area contributed by atoms with E-state index in [4.69, 9.17) is 5.11 Å². The maximum Gasteiger partial charge on any atom is 0.307 e. The van der Waals surface area contributed by atoms with Gasteiger partial charge < -0.3 is 5.11 Å². The first kappa shape index (κ1) is 9.86. The van der Waals surface area contributed by atoms with Gasteiger partial charge in [-0.3, -0.25) is 4.79 Å². The molecule has 68 valence electrons. The van der Waals surface area contributed by atoms with E-state index in [0.29, 0.717) is 0 Å². The molecule has 0 unspecified atom stereocenters. The summed E-state index contributed by atoms with van der Waals surface area (Å²) in [5, 5.41) is 8.39. The van der Waals surface area contributed by atoms with E-state index >= 15 is 0 Å². The number of carboxylic acids is 1. The molecule has 1 N–H and O–H groups in total. The molecule has 1 aromatic rings. The third-order valence-corrected chi connectivity index (χ3v) is 1.93. The molecule has 0 aliphatic rings. The Bertz CT molecular complexity index is 331. The molecule has 0 aromatic heterocycles. The van der Waals surface area contributed by atoms with Gasteiger partial charge in [-0.05, 0) is 11.6 Å². The van der Waals surface area contributed by atoms with Crippen LogP contribution in [0.1, 0.15) is 12.0 Å². The van der Waals surface area contributed by atoms with E-state index < -0.39 is 5.97 Å². The summed E-state index contributed by atoms with van der Waals surface area (Å²) in [5.74, 6) is -0.826. The smallest absolute Gasteiger partial charge is 0.307 e. The van der Waals surface area contributed by atoms with Crippen LogP contribution < -0.4 is 0 Å². The highest BCUT2D eigenvalue weighted by Crippen LogP contribution is 2.14. The Morgan fingerprint density at radius 1 is 1.46 bits per heavy atom. The molecule has 13 heavy (non-hydrogen) atoms. The summed E-state index contributed by atoms with van der Waals surface area (Å²) in [6.07, 6.45) is 3.41. The predicted molar refractivity (Wildman–Crippen MR) is 55.0 cm³/mol. The number of hydrogen-bond acceptors (Lipinski definition) is 2. The van der Waals surface area contributed by atoms with Crippen molar-refractivity contribution in [3.05, 3.63) is 35.9 Å². The van der Waals surface area contributed by atoms with Gasteiger partial charge in [-0.25, -0.2) is 0 Å². The Kier molecular flexibility index (Phi) is 3.58. The van der Waals surface area contributed by atoms with Crippen molar-refractivity contribution < 1.29 is 9.90 Å². The molecule has 0 radical (unpaired) electrons. The SMILES string of the molecule is O=C(O)CC=Cc1ccccc1S. The van der Waals surface area contributed by atoms with Crippen molar-refractivity contribution in [2.24, 2.45) is 0 Å². The zero-order valence-electron chi connectivity index (χ0n) is 6.97. The minimum atomic E-state index is -0.826. The van der Waals surface area contributed by atoms with Gasteiger partial charge in [0.25, 0.3) is 0 Å². The molecule has 0 saturated heterocycles. The molecule has 0 aliphatic carbocycles. The van der Waals surface area contributed by atoms with Crippen LogP contribution in [0.5, 0.6) is 0 Å². The van der Waals surface area contributed by atoms with Gasteiger partial charge in [-0.1, -0.05) is 30.4 Å². The lowest BCUT2D eigenvalue weighted by atomic mass is 10.2. The van der Waals surface area contributed by atoms with E-state index in [1.54, 1.807) is 12.2 Å². The number of carboxylic acid groups (broad SMARTS) is 1. The minimum Gasteiger partial charge on any atom is -0.481 e. The molecule has 0 spiro atoms. The first-order valence-electron chi connectivity index (χ1n) is 3.86. The van der Waals surface area contributed by atoms with Crippen LogP contribution in [-0.2, 0) is 4.79 Å². The standard InChI is InChI=1S/C10H10O2S/c11-10(12)7-3-5-8-4-1-2-6-9(8)13/h1-6,13H,7H2,(H,11,12). The molecule has 0 amide bonds. The fourth-order valence-corrected chi connectivity index (χ4v) is 1.15. The Morgan fingerprint density at radius 3 is 2.77 bits per heavy atom. The Morgan fingerprint density at radius 2 is 2.15 bits per heavy atom. The lowest BCUT2D eigenvalue weighted by Gasteiger charge is -1.96.